The van der Waals surface area contributed by atoms with Crippen molar-refractivity contribution < 1.29 is 9.59 Å². The number of benzene rings is 2. The number of hydrogen-bond donors (Lipinski definition) is 4. The smallest absolute Gasteiger partial charge is 0.272 e. The Labute approximate surface area is 204 Å². The molecule has 9 nitrogen and oxygen atoms in total. The predicted octanol–water partition coefficient (Wildman–Crippen LogP) is 2.67. The second-order valence-corrected chi connectivity index (χ2v) is 8.75. The van der Waals surface area contributed by atoms with Crippen LogP contribution in [0.5, 0.6) is 0 Å². The minimum Gasteiger partial charge on any atom is -0.349 e. The van der Waals surface area contributed by atoms with Crippen molar-refractivity contribution in [2.75, 3.05) is 25.0 Å². The molecule has 5 rings (SSSR count). The zero-order valence-corrected chi connectivity index (χ0v) is 19.5. The number of pyridine rings is 1. The van der Waals surface area contributed by atoms with Gasteiger partial charge in [-0.1, -0.05) is 36.8 Å². The molecule has 4 N–H and O–H groups in total. The number of aromatic nitrogens is 1. The zero-order valence-electron chi connectivity index (χ0n) is 19.5. The van der Waals surface area contributed by atoms with Crippen LogP contribution in [0, 0.1) is 0 Å². The van der Waals surface area contributed by atoms with Gasteiger partial charge in [0, 0.05) is 30.6 Å². The highest BCUT2D eigenvalue weighted by Crippen LogP contribution is 2.25. The minimum absolute atomic E-state index is 0.204. The highest BCUT2D eigenvalue weighted by Gasteiger charge is 2.20. The fourth-order valence-corrected chi connectivity index (χ4v) is 4.56. The summed E-state index contributed by atoms with van der Waals surface area (Å²) < 4.78 is 0. The zero-order chi connectivity index (χ0) is 24.0. The maximum atomic E-state index is 13.3. The molecule has 180 valence electrons. The molecule has 2 aliphatic rings. The van der Waals surface area contributed by atoms with Gasteiger partial charge in [0.25, 0.3) is 11.8 Å². The van der Waals surface area contributed by atoms with E-state index in [1.165, 1.54) is 6.42 Å². The lowest BCUT2D eigenvalue weighted by Gasteiger charge is -2.23. The molecule has 3 aromatic rings. The van der Waals surface area contributed by atoms with E-state index in [1.807, 2.05) is 42.6 Å². The first-order valence-corrected chi connectivity index (χ1v) is 12.0. The van der Waals surface area contributed by atoms with E-state index in [-0.39, 0.29) is 23.6 Å². The van der Waals surface area contributed by atoms with Gasteiger partial charge in [-0.15, -0.1) is 0 Å². The van der Waals surface area contributed by atoms with E-state index >= 15 is 0 Å². The fraction of sp³-hybridized carbons (Fsp3) is 0.308. The molecule has 2 aromatic carbocycles. The first-order valence-electron chi connectivity index (χ1n) is 12.0. The Hall–Kier alpha value is -3.82. The van der Waals surface area contributed by atoms with E-state index in [0.29, 0.717) is 30.9 Å². The van der Waals surface area contributed by atoms with Gasteiger partial charge in [-0.3, -0.25) is 9.59 Å². The number of hydrazine groups is 1. The Morgan fingerprint density at radius 2 is 1.91 bits per heavy atom. The summed E-state index contributed by atoms with van der Waals surface area (Å²) in [7, 11) is 0. The molecule has 1 fully saturated rings. The summed E-state index contributed by atoms with van der Waals surface area (Å²) in [6.45, 7) is 2.79. The molecular weight excluding hydrogens is 442 g/mol. The summed E-state index contributed by atoms with van der Waals surface area (Å²) in [6, 6.07) is 15.2. The maximum Gasteiger partial charge on any atom is 0.272 e. The van der Waals surface area contributed by atoms with E-state index in [0.717, 1.165) is 35.7 Å². The number of anilines is 1. The van der Waals surface area contributed by atoms with E-state index in [9.17, 15) is 9.59 Å². The van der Waals surface area contributed by atoms with Crippen molar-refractivity contribution in [1.29, 1.82) is 0 Å². The highest BCUT2D eigenvalue weighted by atomic mass is 16.2. The van der Waals surface area contributed by atoms with E-state index in [1.54, 1.807) is 23.4 Å². The number of nitrogens with zero attached hydrogens (tertiary/aromatic N) is 3. The average molecular weight is 472 g/mol. The van der Waals surface area contributed by atoms with Gasteiger partial charge < -0.3 is 16.0 Å². The van der Waals surface area contributed by atoms with Gasteiger partial charge in [-0.2, -0.15) is 5.10 Å². The number of carbonyl (C=O) groups is 2. The number of amides is 2. The second-order valence-electron chi connectivity index (χ2n) is 8.75. The van der Waals surface area contributed by atoms with Crippen LogP contribution in [0.3, 0.4) is 0 Å². The van der Waals surface area contributed by atoms with Gasteiger partial charge in [0.1, 0.15) is 0 Å². The van der Waals surface area contributed by atoms with Crippen LogP contribution < -0.4 is 21.4 Å². The Balaban J connectivity index is 1.34. The molecule has 9 heteroatoms. The third kappa shape index (κ3) is 5.31. The molecule has 1 atom stereocenters. The normalized spacial score (nSPS) is 17.5. The average Bonchev–Trinajstić information content (AvgIpc) is 3.41. The first-order chi connectivity index (χ1) is 17.2. The molecule has 2 aliphatic heterocycles. The molecule has 0 bridgehead atoms. The molecule has 0 radical (unpaired) electrons. The van der Waals surface area contributed by atoms with Gasteiger partial charge in [0.15, 0.2) is 5.69 Å². The molecule has 1 aromatic heterocycles. The molecule has 0 spiro atoms. The van der Waals surface area contributed by atoms with Crippen LogP contribution in [-0.4, -0.2) is 53.8 Å². The van der Waals surface area contributed by atoms with Gasteiger partial charge in [0.2, 0.25) is 0 Å². The van der Waals surface area contributed by atoms with Crippen molar-refractivity contribution in [1.82, 2.24) is 26.2 Å². The van der Waals surface area contributed by atoms with Crippen LogP contribution in [-0.2, 0) is 6.54 Å². The van der Waals surface area contributed by atoms with Crippen LogP contribution >= 0.6 is 0 Å². The Bertz CT molecular complexity index is 1250. The SMILES string of the molecule is O=C(NCC1CCCCN1)c1ncccc1NC(=O)c1ccc(CN2N=CCN2)c2ccccc12. The predicted molar refractivity (Wildman–Crippen MR) is 136 cm³/mol. The molecule has 35 heavy (non-hydrogen) atoms. The minimum atomic E-state index is -0.299. The number of carbonyl (C=O) groups excluding carboxylic acids is 2. The van der Waals surface area contributed by atoms with E-state index in [2.05, 4.69) is 31.5 Å². The Morgan fingerprint density at radius 3 is 2.71 bits per heavy atom. The number of rotatable bonds is 7. The van der Waals surface area contributed by atoms with Crippen molar-refractivity contribution in [3.05, 3.63) is 71.5 Å². The number of nitrogens with one attached hydrogen (secondary N) is 4. The van der Waals surface area contributed by atoms with Crippen LogP contribution in [0.25, 0.3) is 10.8 Å². The first kappa shape index (κ1) is 22.9. The summed E-state index contributed by atoms with van der Waals surface area (Å²) in [5.74, 6) is -0.590. The second kappa shape index (κ2) is 10.6. The number of hydrogen-bond acceptors (Lipinski definition) is 7. The maximum absolute atomic E-state index is 13.3. The summed E-state index contributed by atoms with van der Waals surface area (Å²) in [4.78, 5) is 30.5. The van der Waals surface area contributed by atoms with Crippen LogP contribution in [0.15, 0.2) is 59.8 Å². The quantitative estimate of drug-likeness (QED) is 0.422. The van der Waals surface area contributed by atoms with Gasteiger partial charge in [-0.25, -0.2) is 15.5 Å². The molecule has 2 amide bonds. The lowest BCUT2D eigenvalue weighted by atomic mass is 9.99. The molecule has 0 saturated carbocycles. The van der Waals surface area contributed by atoms with Gasteiger partial charge in [-0.05, 0) is 53.9 Å². The fourth-order valence-electron chi connectivity index (χ4n) is 4.56. The van der Waals surface area contributed by atoms with Crippen molar-refractivity contribution in [3.8, 4) is 0 Å². The highest BCUT2D eigenvalue weighted by molar-refractivity contribution is 6.15. The monoisotopic (exact) mass is 471 g/mol. The third-order valence-corrected chi connectivity index (χ3v) is 6.36. The molecule has 1 saturated heterocycles. The molecule has 3 heterocycles. The standard InChI is InChI=1S/C26H29N7O2/c34-25(22-11-10-18(17-33-30-14-15-31-33)20-7-1-2-8-21(20)22)32-23-9-5-13-28-24(23)26(35)29-16-19-6-3-4-12-27-19/h1-2,5,7-11,13-14,19,27,31H,3-4,6,12,15-17H2,(H,29,35)(H,32,34). The largest absolute Gasteiger partial charge is 0.349 e. The Kier molecular flexibility index (Phi) is 6.97. The topological polar surface area (TPSA) is 111 Å². The van der Waals surface area contributed by atoms with Crippen LogP contribution in [0.4, 0.5) is 5.69 Å². The van der Waals surface area contributed by atoms with Crippen molar-refractivity contribution in [2.45, 2.75) is 31.8 Å². The number of hydrazone groups is 1. The van der Waals surface area contributed by atoms with Crippen molar-refractivity contribution >= 4 is 34.5 Å². The summed E-state index contributed by atoms with van der Waals surface area (Å²) >= 11 is 0. The third-order valence-electron chi connectivity index (χ3n) is 6.36. The van der Waals surface area contributed by atoms with Crippen LogP contribution in [0.1, 0.15) is 45.7 Å². The summed E-state index contributed by atoms with van der Waals surface area (Å²) in [5.41, 5.74) is 5.35. The van der Waals surface area contributed by atoms with Crippen LogP contribution in [0.2, 0.25) is 0 Å². The molecular formula is C26H29N7O2. The van der Waals surface area contributed by atoms with Crippen molar-refractivity contribution in [3.63, 3.8) is 0 Å². The summed E-state index contributed by atoms with van der Waals surface area (Å²) in [5, 5.41) is 17.2. The number of fused-ring (bicyclic) bond motifs is 1. The van der Waals surface area contributed by atoms with Gasteiger partial charge in [0.05, 0.1) is 18.8 Å². The van der Waals surface area contributed by atoms with Crippen molar-refractivity contribution in [2.24, 2.45) is 5.10 Å². The van der Waals surface area contributed by atoms with E-state index in [4.69, 9.17) is 0 Å². The number of piperidine rings is 1. The van der Waals surface area contributed by atoms with E-state index < -0.39 is 0 Å². The molecule has 0 aliphatic carbocycles. The summed E-state index contributed by atoms with van der Waals surface area (Å²) in [6.07, 6.45) is 6.74. The Morgan fingerprint density at radius 1 is 1.03 bits per heavy atom. The lowest BCUT2D eigenvalue weighted by Crippen LogP contribution is -2.43. The molecule has 1 unspecified atom stereocenters. The lowest BCUT2D eigenvalue weighted by molar-refractivity contribution is 0.0943. The van der Waals surface area contributed by atoms with Gasteiger partial charge >= 0.3 is 0 Å².